The van der Waals surface area contributed by atoms with Crippen LogP contribution in [0.1, 0.15) is 77.6 Å². The van der Waals surface area contributed by atoms with Crippen LogP contribution >= 0.6 is 0 Å². The summed E-state index contributed by atoms with van der Waals surface area (Å²) in [5.41, 5.74) is 0.160. The number of amides is 9. The van der Waals surface area contributed by atoms with Gasteiger partial charge in [-0.05, 0) is 54.5 Å². The lowest BCUT2D eigenvalue weighted by Crippen LogP contribution is -2.55. The Bertz CT molecular complexity index is 3430. The molecule has 4 atom stereocenters. The molecule has 0 bridgehead atoms. The Hall–Kier alpha value is -8.85. The van der Waals surface area contributed by atoms with Gasteiger partial charge in [-0.3, -0.25) is 52.8 Å². The highest BCUT2D eigenvalue weighted by Gasteiger charge is 2.55. The highest BCUT2D eigenvalue weighted by atomic mass is 19.3. The summed E-state index contributed by atoms with van der Waals surface area (Å²) < 4.78 is 59.1. The fraction of sp³-hybridized carbons (Fsp3) is 0.418. The first kappa shape index (κ1) is 57.8. The molecule has 0 unspecified atom stereocenters. The number of cyclic esters (lactones) is 1. The van der Waals surface area contributed by atoms with Gasteiger partial charge in [0.15, 0.2) is 11.6 Å². The monoisotopic (exact) mass is 1140 g/mol. The minimum absolute atomic E-state index is 0.00213. The lowest BCUT2D eigenvalue weighted by atomic mass is 9.81. The molecule has 1 saturated heterocycles. The van der Waals surface area contributed by atoms with Crippen molar-refractivity contribution in [2.24, 2.45) is 0 Å². The quantitative estimate of drug-likeness (QED) is 0.0274. The molecular weight excluding hydrogens is 1080 g/mol. The number of aliphatic hydroxyl groups is 1. The average molecular weight is 1140 g/mol. The van der Waals surface area contributed by atoms with Crippen LogP contribution in [0.5, 0.6) is 0 Å². The van der Waals surface area contributed by atoms with Crippen molar-refractivity contribution in [2.75, 3.05) is 52.5 Å². The zero-order valence-corrected chi connectivity index (χ0v) is 44.4. The van der Waals surface area contributed by atoms with E-state index in [0.717, 1.165) is 17.1 Å². The number of aromatic nitrogens is 2. The van der Waals surface area contributed by atoms with E-state index in [2.05, 4.69) is 31.9 Å². The number of alkyl halides is 2. The summed E-state index contributed by atoms with van der Waals surface area (Å²) in [6, 6.07) is 6.44. The van der Waals surface area contributed by atoms with Crippen LogP contribution < -0.4 is 37.5 Å². The molecule has 9 rings (SSSR count). The van der Waals surface area contributed by atoms with Gasteiger partial charge in [-0.25, -0.2) is 22.9 Å². The molecular formula is C55H57F3N10O14. The lowest BCUT2D eigenvalue weighted by molar-refractivity contribution is -0.172. The molecule has 5 aliphatic rings. The lowest BCUT2D eigenvalue weighted by Gasteiger charge is -2.33. The maximum atomic E-state index is 15.9. The van der Waals surface area contributed by atoms with Gasteiger partial charge in [-0.2, -0.15) is 0 Å². The summed E-state index contributed by atoms with van der Waals surface area (Å²) >= 11 is 0. The third-order valence-corrected chi connectivity index (χ3v) is 15.2. The number of rotatable bonds is 21. The normalized spacial score (nSPS) is 19.4. The van der Waals surface area contributed by atoms with Gasteiger partial charge in [-0.15, -0.1) is 0 Å². The predicted molar refractivity (Wildman–Crippen MR) is 279 cm³/mol. The number of nitrogens with zero attached hydrogens (tertiary/aromatic N) is 4. The molecule has 0 spiro atoms. The van der Waals surface area contributed by atoms with E-state index in [1.54, 1.807) is 44.2 Å². The fourth-order valence-electron chi connectivity index (χ4n) is 10.8. The number of esters is 1. The summed E-state index contributed by atoms with van der Waals surface area (Å²) in [5, 5.41) is 26.4. The summed E-state index contributed by atoms with van der Waals surface area (Å²) in [5.74, 6) is -12.4. The number of pyridine rings is 2. The minimum atomic E-state index is -3.74. The van der Waals surface area contributed by atoms with Crippen molar-refractivity contribution in [1.29, 1.82) is 0 Å². The summed E-state index contributed by atoms with van der Waals surface area (Å²) in [6.45, 7) is -0.795. The van der Waals surface area contributed by atoms with Gasteiger partial charge in [0.2, 0.25) is 41.4 Å². The number of imide groups is 1. The number of fused-ring (bicyclic) bond motifs is 5. The van der Waals surface area contributed by atoms with E-state index in [4.69, 9.17) is 14.5 Å². The second kappa shape index (κ2) is 23.7. The molecule has 0 saturated carbocycles. The van der Waals surface area contributed by atoms with Gasteiger partial charge in [0.25, 0.3) is 23.3 Å². The van der Waals surface area contributed by atoms with Gasteiger partial charge >= 0.3 is 5.97 Å². The van der Waals surface area contributed by atoms with E-state index in [9.17, 15) is 57.8 Å². The Morgan fingerprint density at radius 3 is 2.27 bits per heavy atom. The molecule has 82 heavy (non-hydrogen) atoms. The molecule has 2 aromatic heterocycles. The van der Waals surface area contributed by atoms with Crippen LogP contribution in [0, 0.1) is 12.7 Å². The average Bonchev–Trinajstić information content (AvgIpc) is 4.25. The summed E-state index contributed by atoms with van der Waals surface area (Å²) in [6.07, 6.45) is 1.29. The van der Waals surface area contributed by atoms with Gasteiger partial charge in [0.1, 0.15) is 18.5 Å². The highest BCUT2D eigenvalue weighted by Crippen LogP contribution is 2.46. The maximum Gasteiger partial charge on any atom is 0.343 e. The van der Waals surface area contributed by atoms with Crippen molar-refractivity contribution >= 4 is 70.0 Å². The first-order valence-corrected chi connectivity index (χ1v) is 26.4. The molecule has 2 aromatic carbocycles. The number of likely N-dealkylation sites (tertiary alicyclic amines) is 1. The number of ether oxygens (including phenoxy) is 2. The number of hydrogen-bond acceptors (Lipinski definition) is 15. The predicted octanol–water partition coefficient (Wildman–Crippen LogP) is -0.609. The Balaban J connectivity index is 0.798. The Labute approximate surface area is 464 Å². The van der Waals surface area contributed by atoms with Crippen LogP contribution in [0.4, 0.5) is 13.2 Å². The highest BCUT2D eigenvalue weighted by molar-refractivity contribution is 6.13. The topological polar surface area (TPSA) is 323 Å². The number of nitrogens with one attached hydrogen (secondary N) is 6. The fourth-order valence-corrected chi connectivity index (χ4v) is 10.8. The van der Waals surface area contributed by atoms with Crippen molar-refractivity contribution in [3.63, 3.8) is 0 Å². The first-order valence-electron chi connectivity index (χ1n) is 26.4. The molecule has 24 nitrogen and oxygen atoms in total. The van der Waals surface area contributed by atoms with Crippen LogP contribution in [0.15, 0.2) is 59.4 Å². The van der Waals surface area contributed by atoms with Crippen LogP contribution in [0.2, 0.25) is 0 Å². The molecule has 9 amide bonds. The number of carbonyl (C=O) groups is 10. The zero-order valence-electron chi connectivity index (χ0n) is 44.4. The maximum absolute atomic E-state index is 15.9. The molecule has 27 heteroatoms. The van der Waals surface area contributed by atoms with Crippen molar-refractivity contribution in [3.8, 4) is 11.4 Å². The van der Waals surface area contributed by atoms with Gasteiger partial charge in [0.05, 0.1) is 81.0 Å². The summed E-state index contributed by atoms with van der Waals surface area (Å²) in [4.78, 5) is 149. The first-order chi connectivity index (χ1) is 39.1. The second-order valence-corrected chi connectivity index (χ2v) is 20.3. The summed E-state index contributed by atoms with van der Waals surface area (Å²) in [7, 11) is 0. The molecule has 7 N–H and O–H groups in total. The van der Waals surface area contributed by atoms with E-state index < -0.39 is 146 Å². The Kier molecular flexibility index (Phi) is 16.7. The molecule has 1 aliphatic carbocycles. The number of halogens is 3. The van der Waals surface area contributed by atoms with E-state index in [1.807, 2.05) is 0 Å². The van der Waals surface area contributed by atoms with Crippen LogP contribution in [-0.4, -0.2) is 154 Å². The molecule has 4 aromatic rings. The van der Waals surface area contributed by atoms with E-state index >= 15 is 13.2 Å². The Morgan fingerprint density at radius 1 is 0.866 bits per heavy atom. The molecule has 0 radical (unpaired) electrons. The van der Waals surface area contributed by atoms with E-state index in [1.165, 1.54) is 16.7 Å². The van der Waals surface area contributed by atoms with Crippen molar-refractivity contribution < 1.29 is 75.7 Å². The van der Waals surface area contributed by atoms with E-state index in [0.29, 0.717) is 38.1 Å². The Morgan fingerprint density at radius 2 is 1.55 bits per heavy atom. The standard InChI is InChI=1S/C55H57F3N10O14/c1-3-54(80)33-20-38-48-31(26-68(38)52(78)32(33)27-82-53(54)79)47-35(10-9-30-28(2)34(56)21-36(64-48)46(30)47)65-51(77)49-55(57,58)14-15-67(49)45(75)25-61-41(71)23-62-50(76)37(19-29-7-5-4-6-8-29)63-42(72)24-60-40(70)22-59-39(69)13-17-81-18-16-66-43(73)11-12-44(66)74/h4-8,11-12,20-21,35,37,49,80H,3,9-10,13-19,22-27H2,1-2H3,(H,59,69)(H,60,70)(H,61,71)(H,62,76)(H,63,72)(H,65,77)/t35-,37-,49-,54-/m0/s1. The minimum Gasteiger partial charge on any atom is -0.458 e. The van der Waals surface area contributed by atoms with Crippen LogP contribution in [0.3, 0.4) is 0 Å². The molecule has 432 valence electrons. The molecule has 4 aliphatic heterocycles. The van der Waals surface area contributed by atoms with Gasteiger partial charge in [0, 0.05) is 60.5 Å². The number of benzene rings is 2. The number of carbonyl (C=O) groups excluding carboxylic acids is 10. The molecule has 6 heterocycles. The third kappa shape index (κ3) is 11.7. The van der Waals surface area contributed by atoms with Crippen LogP contribution in [0.25, 0.3) is 22.3 Å². The smallest absolute Gasteiger partial charge is 0.343 e. The van der Waals surface area contributed by atoms with Crippen molar-refractivity contribution in [2.45, 2.75) is 95.2 Å². The van der Waals surface area contributed by atoms with Crippen LogP contribution in [-0.2, 0) is 89.0 Å². The SMILES string of the molecule is CC[C@@]1(O)C(=O)OCc2c1cc1n(c2=O)Cc2c-1nc1cc(F)c(C)c3c1c2[C@@H](NC(=O)[C@@H]1N(C(=O)CNC(=O)CNC(=O)[C@H](Cc2ccccc2)NC(=O)CNC(=O)CNC(=O)CCOCCN2C(=O)C=CC2=O)CCC1(F)F)CC3. The second-order valence-electron chi connectivity index (χ2n) is 20.3. The van der Waals surface area contributed by atoms with Gasteiger partial charge < -0.3 is 55.9 Å². The van der Waals surface area contributed by atoms with E-state index in [-0.39, 0.29) is 86.4 Å². The largest absolute Gasteiger partial charge is 0.458 e. The van der Waals surface area contributed by atoms with Gasteiger partial charge in [-0.1, -0.05) is 37.3 Å². The number of hydrogen-bond donors (Lipinski definition) is 7. The number of aryl methyl sites for hydroxylation is 1. The van der Waals surface area contributed by atoms with Crippen molar-refractivity contribution in [1.82, 2.24) is 51.3 Å². The van der Waals surface area contributed by atoms with Crippen molar-refractivity contribution in [3.05, 3.63) is 110 Å². The molecule has 1 fully saturated rings. The zero-order chi connectivity index (χ0) is 58.8. The third-order valence-electron chi connectivity index (χ3n) is 15.2.